The Morgan fingerprint density at radius 3 is 2.74 bits per heavy atom. The summed E-state index contributed by atoms with van der Waals surface area (Å²) in [6.45, 7) is 4.31. The fourth-order valence-corrected chi connectivity index (χ4v) is 2.34. The summed E-state index contributed by atoms with van der Waals surface area (Å²) in [5.74, 6) is 0.790. The van der Waals surface area contributed by atoms with Crippen LogP contribution in [0.15, 0.2) is 24.3 Å². The van der Waals surface area contributed by atoms with Crippen molar-refractivity contribution < 1.29 is 9.53 Å². The zero-order chi connectivity index (χ0) is 12.6. The molecule has 0 atom stereocenters. The maximum Gasteiger partial charge on any atom is 0.150 e. The highest BCUT2D eigenvalue weighted by molar-refractivity contribution is 5.85. The number of nitrogens with zero attached hydrogens (tertiary/aromatic N) is 1. The van der Waals surface area contributed by atoms with Crippen molar-refractivity contribution in [3.63, 3.8) is 0 Å². The van der Waals surface area contributed by atoms with Gasteiger partial charge in [0.25, 0.3) is 0 Å². The van der Waals surface area contributed by atoms with Crippen molar-refractivity contribution in [3.05, 3.63) is 29.8 Å². The predicted molar refractivity (Wildman–Crippen MR) is 79.5 cm³/mol. The van der Waals surface area contributed by atoms with Gasteiger partial charge >= 0.3 is 0 Å². The second kappa shape index (κ2) is 8.94. The third-order valence-electron chi connectivity index (χ3n) is 3.33. The van der Waals surface area contributed by atoms with E-state index in [1.165, 1.54) is 32.4 Å². The van der Waals surface area contributed by atoms with E-state index in [1.807, 2.05) is 12.1 Å². The molecule has 1 aromatic carbocycles. The molecule has 0 amide bonds. The molecule has 0 bridgehead atoms. The Kier molecular flexibility index (Phi) is 7.53. The molecular weight excluding hydrogens is 262 g/mol. The maximum absolute atomic E-state index is 10.6. The van der Waals surface area contributed by atoms with Gasteiger partial charge in [-0.05, 0) is 44.5 Å². The first-order chi connectivity index (χ1) is 8.88. The van der Waals surface area contributed by atoms with Crippen LogP contribution in [0.2, 0.25) is 0 Å². The van der Waals surface area contributed by atoms with E-state index in [-0.39, 0.29) is 12.4 Å². The van der Waals surface area contributed by atoms with Crippen molar-refractivity contribution in [3.8, 4) is 5.75 Å². The summed E-state index contributed by atoms with van der Waals surface area (Å²) in [7, 11) is 0. The number of halogens is 1. The maximum atomic E-state index is 10.6. The lowest BCUT2D eigenvalue weighted by Gasteiger charge is -2.26. The molecule has 19 heavy (non-hydrogen) atoms. The van der Waals surface area contributed by atoms with E-state index in [9.17, 15) is 4.79 Å². The summed E-state index contributed by atoms with van der Waals surface area (Å²) >= 11 is 0. The number of ether oxygens (including phenoxy) is 1. The first-order valence-corrected chi connectivity index (χ1v) is 6.79. The lowest BCUT2D eigenvalue weighted by Crippen LogP contribution is -2.31. The number of likely N-dealkylation sites (tertiary alicyclic amines) is 1. The quantitative estimate of drug-likeness (QED) is 0.593. The van der Waals surface area contributed by atoms with Crippen LogP contribution in [0.4, 0.5) is 0 Å². The van der Waals surface area contributed by atoms with Crippen LogP contribution in [0.1, 0.15) is 36.0 Å². The first kappa shape index (κ1) is 16.0. The molecule has 0 N–H and O–H groups in total. The number of aldehydes is 1. The highest BCUT2D eigenvalue weighted by Gasteiger charge is 2.08. The fourth-order valence-electron chi connectivity index (χ4n) is 2.34. The number of benzene rings is 1. The second-order valence-electron chi connectivity index (χ2n) is 4.79. The Labute approximate surface area is 121 Å². The van der Waals surface area contributed by atoms with Gasteiger partial charge in [-0.15, -0.1) is 12.4 Å². The molecule has 2 rings (SSSR count). The van der Waals surface area contributed by atoms with Crippen LogP contribution in [0.5, 0.6) is 5.75 Å². The van der Waals surface area contributed by atoms with Crippen LogP contribution in [0.3, 0.4) is 0 Å². The van der Waals surface area contributed by atoms with Crippen LogP contribution in [-0.4, -0.2) is 37.4 Å². The minimum absolute atomic E-state index is 0. The van der Waals surface area contributed by atoms with Gasteiger partial charge in [0.05, 0.1) is 6.61 Å². The Morgan fingerprint density at radius 1 is 1.21 bits per heavy atom. The molecule has 1 aliphatic rings. The molecule has 1 heterocycles. The summed E-state index contributed by atoms with van der Waals surface area (Å²) < 4.78 is 5.65. The van der Waals surface area contributed by atoms with Crippen LogP contribution in [-0.2, 0) is 0 Å². The van der Waals surface area contributed by atoms with Crippen molar-refractivity contribution in [2.45, 2.75) is 25.7 Å². The molecule has 4 heteroatoms. The van der Waals surface area contributed by atoms with Crippen LogP contribution in [0, 0.1) is 0 Å². The highest BCUT2D eigenvalue weighted by Crippen LogP contribution is 2.13. The van der Waals surface area contributed by atoms with Gasteiger partial charge in [-0.1, -0.05) is 18.6 Å². The van der Waals surface area contributed by atoms with Crippen molar-refractivity contribution >= 4 is 18.7 Å². The smallest absolute Gasteiger partial charge is 0.150 e. The number of piperidine rings is 1. The van der Waals surface area contributed by atoms with E-state index in [0.717, 1.165) is 31.6 Å². The lowest BCUT2D eigenvalue weighted by atomic mass is 10.1. The molecule has 106 valence electrons. The highest BCUT2D eigenvalue weighted by atomic mass is 35.5. The Bertz CT molecular complexity index is 378. The van der Waals surface area contributed by atoms with Gasteiger partial charge in [-0.2, -0.15) is 0 Å². The summed E-state index contributed by atoms with van der Waals surface area (Å²) in [6.07, 6.45) is 5.95. The summed E-state index contributed by atoms with van der Waals surface area (Å²) in [5.41, 5.74) is 0.670. The molecule has 0 spiro atoms. The summed E-state index contributed by atoms with van der Waals surface area (Å²) in [4.78, 5) is 13.1. The van der Waals surface area contributed by atoms with E-state index in [0.29, 0.717) is 5.56 Å². The molecule has 1 saturated heterocycles. The third-order valence-corrected chi connectivity index (χ3v) is 3.33. The van der Waals surface area contributed by atoms with E-state index >= 15 is 0 Å². The topological polar surface area (TPSA) is 29.5 Å². The summed E-state index contributed by atoms with van der Waals surface area (Å²) in [5, 5.41) is 0. The molecule has 0 aliphatic carbocycles. The van der Waals surface area contributed by atoms with E-state index in [4.69, 9.17) is 4.74 Å². The number of hydrogen-bond donors (Lipinski definition) is 0. The minimum atomic E-state index is 0. The van der Waals surface area contributed by atoms with Crippen LogP contribution >= 0.6 is 12.4 Å². The largest absolute Gasteiger partial charge is 0.494 e. The van der Waals surface area contributed by atoms with Gasteiger partial charge in [0.2, 0.25) is 0 Å². The minimum Gasteiger partial charge on any atom is -0.494 e. The Morgan fingerprint density at radius 2 is 2.00 bits per heavy atom. The average molecular weight is 284 g/mol. The Hall–Kier alpha value is -1.06. The second-order valence-corrected chi connectivity index (χ2v) is 4.79. The third kappa shape index (κ3) is 5.62. The monoisotopic (exact) mass is 283 g/mol. The van der Waals surface area contributed by atoms with Gasteiger partial charge in [0.15, 0.2) is 0 Å². The molecule has 3 nitrogen and oxygen atoms in total. The Balaban J connectivity index is 0.00000180. The predicted octanol–water partition coefficient (Wildman–Crippen LogP) is 3.18. The SMILES string of the molecule is Cl.O=Cc1cccc(OCCCN2CCCCC2)c1. The van der Waals surface area contributed by atoms with Crippen molar-refractivity contribution in [2.24, 2.45) is 0 Å². The fraction of sp³-hybridized carbons (Fsp3) is 0.533. The first-order valence-electron chi connectivity index (χ1n) is 6.79. The van der Waals surface area contributed by atoms with Crippen molar-refractivity contribution in [2.75, 3.05) is 26.2 Å². The van der Waals surface area contributed by atoms with Crippen LogP contribution in [0.25, 0.3) is 0 Å². The molecule has 1 aromatic rings. The molecule has 0 radical (unpaired) electrons. The number of carbonyl (C=O) groups is 1. The lowest BCUT2D eigenvalue weighted by molar-refractivity contribution is 0.112. The molecule has 1 aliphatic heterocycles. The van der Waals surface area contributed by atoms with Crippen LogP contribution < -0.4 is 4.74 Å². The van der Waals surface area contributed by atoms with Gasteiger partial charge in [-0.25, -0.2) is 0 Å². The van der Waals surface area contributed by atoms with Crippen molar-refractivity contribution in [1.82, 2.24) is 4.90 Å². The van der Waals surface area contributed by atoms with E-state index in [1.54, 1.807) is 12.1 Å². The molecule has 1 fully saturated rings. The molecule has 0 aromatic heterocycles. The zero-order valence-electron chi connectivity index (χ0n) is 11.2. The van der Waals surface area contributed by atoms with Gasteiger partial charge in [0, 0.05) is 12.1 Å². The van der Waals surface area contributed by atoms with E-state index in [2.05, 4.69) is 4.90 Å². The van der Waals surface area contributed by atoms with E-state index < -0.39 is 0 Å². The van der Waals surface area contributed by atoms with Gasteiger partial charge < -0.3 is 9.64 Å². The molecular formula is C15H22ClNO2. The van der Waals surface area contributed by atoms with Gasteiger partial charge in [0.1, 0.15) is 12.0 Å². The van der Waals surface area contributed by atoms with Gasteiger partial charge in [-0.3, -0.25) is 4.79 Å². The normalized spacial score (nSPS) is 15.6. The standard InChI is InChI=1S/C15H21NO2.ClH/c17-13-14-6-4-7-15(12-14)18-11-5-10-16-8-2-1-3-9-16;/h4,6-7,12-13H,1-3,5,8-11H2;1H. The number of carbonyl (C=O) groups excluding carboxylic acids is 1. The molecule has 0 unspecified atom stereocenters. The molecule has 0 saturated carbocycles. The number of rotatable bonds is 6. The van der Waals surface area contributed by atoms with Crippen molar-refractivity contribution in [1.29, 1.82) is 0 Å². The zero-order valence-corrected chi connectivity index (χ0v) is 12.0. The number of hydrogen-bond acceptors (Lipinski definition) is 3. The summed E-state index contributed by atoms with van der Waals surface area (Å²) in [6, 6.07) is 7.32. The average Bonchev–Trinajstić information content (AvgIpc) is 2.45.